The molecule has 1 saturated carbocycles. The second-order valence-corrected chi connectivity index (χ2v) is 13.1. The normalized spacial score (nSPS) is 16.3. The molecule has 1 amide bonds. The number of carboxylic acid groups (broad SMARTS) is 1. The summed E-state index contributed by atoms with van der Waals surface area (Å²) in [5.41, 5.74) is 0.909. The van der Waals surface area contributed by atoms with Gasteiger partial charge in [-0.25, -0.2) is 22.9 Å². The Balaban J connectivity index is 1.00. The number of fused-ring (bicyclic) bond motifs is 1. The maximum absolute atomic E-state index is 12.7. The fourth-order valence-electron chi connectivity index (χ4n) is 5.57. The number of carboxylic acids is 1. The average Bonchev–Trinajstić information content (AvgIpc) is 3.07. The van der Waals surface area contributed by atoms with E-state index in [1.807, 2.05) is 36.4 Å². The van der Waals surface area contributed by atoms with Gasteiger partial charge in [-0.2, -0.15) is 0 Å². The number of para-hydroxylation sites is 1. The Hall–Kier alpha value is -5.26. The summed E-state index contributed by atoms with van der Waals surface area (Å²) in [6.45, 7) is 0. The van der Waals surface area contributed by atoms with Crippen LogP contribution in [-0.4, -0.2) is 42.5 Å². The number of aromatic carboxylic acids is 1. The van der Waals surface area contributed by atoms with Crippen molar-refractivity contribution in [2.45, 2.75) is 49.1 Å². The van der Waals surface area contributed by atoms with Crippen molar-refractivity contribution in [3.63, 3.8) is 0 Å². The van der Waals surface area contributed by atoms with Crippen molar-refractivity contribution in [3.05, 3.63) is 120 Å². The van der Waals surface area contributed by atoms with Crippen LogP contribution in [0.25, 0.3) is 10.8 Å². The maximum atomic E-state index is 12.7. The third-order valence-electron chi connectivity index (χ3n) is 7.95. The Kier molecular flexibility index (Phi) is 9.46. The predicted octanol–water partition coefficient (Wildman–Crippen LogP) is 6.58. The Morgan fingerprint density at radius 3 is 2.19 bits per heavy atom. The molecule has 1 heterocycles. The van der Waals surface area contributed by atoms with Crippen LogP contribution in [-0.2, 0) is 21.2 Å². The molecule has 1 aliphatic carbocycles. The van der Waals surface area contributed by atoms with Gasteiger partial charge in [-0.05, 0) is 90.6 Å². The molecule has 0 spiro atoms. The fourth-order valence-corrected chi connectivity index (χ4v) is 6.90. The number of carbonyl (C=O) groups excluding carboxylic acids is 1. The highest BCUT2D eigenvalue weighted by molar-refractivity contribution is 7.89. The van der Waals surface area contributed by atoms with Crippen LogP contribution in [0.4, 0.5) is 5.69 Å². The molecule has 1 fully saturated rings. The van der Waals surface area contributed by atoms with E-state index in [0.29, 0.717) is 30.0 Å². The summed E-state index contributed by atoms with van der Waals surface area (Å²) in [6.07, 6.45) is 4.49. The Morgan fingerprint density at radius 1 is 0.809 bits per heavy atom. The SMILES string of the molecule is O=C(Cc1ccc(Oc2ccc3cc(OC4CCC(NS(=O)(=O)c5ccccc5)CC4)ccc3c2)nc1)Nc1ccccc1C(=O)O. The predicted molar refractivity (Wildman–Crippen MR) is 177 cm³/mol. The molecular formula is C36H33N3O7S. The minimum Gasteiger partial charge on any atom is -0.490 e. The van der Waals surface area contributed by atoms with Crippen LogP contribution >= 0.6 is 0 Å². The van der Waals surface area contributed by atoms with Gasteiger partial charge in [0.25, 0.3) is 0 Å². The quantitative estimate of drug-likeness (QED) is 0.145. The first-order chi connectivity index (χ1) is 22.7. The van der Waals surface area contributed by atoms with Crippen molar-refractivity contribution < 1.29 is 32.6 Å². The van der Waals surface area contributed by atoms with Crippen LogP contribution in [0.5, 0.6) is 17.4 Å². The van der Waals surface area contributed by atoms with Gasteiger partial charge in [-0.15, -0.1) is 0 Å². The second-order valence-electron chi connectivity index (χ2n) is 11.4. The van der Waals surface area contributed by atoms with E-state index in [1.165, 1.54) is 6.07 Å². The third-order valence-corrected chi connectivity index (χ3v) is 9.49. The Labute approximate surface area is 272 Å². The van der Waals surface area contributed by atoms with E-state index < -0.39 is 16.0 Å². The van der Waals surface area contributed by atoms with Gasteiger partial charge in [0.15, 0.2) is 0 Å². The molecule has 47 heavy (non-hydrogen) atoms. The molecule has 0 atom stereocenters. The lowest BCUT2D eigenvalue weighted by Crippen LogP contribution is -2.39. The van der Waals surface area contributed by atoms with E-state index in [0.717, 1.165) is 29.4 Å². The molecule has 1 aromatic heterocycles. The smallest absolute Gasteiger partial charge is 0.337 e. The zero-order valence-corrected chi connectivity index (χ0v) is 26.2. The minimum absolute atomic E-state index is 0.00760. The van der Waals surface area contributed by atoms with E-state index >= 15 is 0 Å². The first kappa shape index (κ1) is 31.7. The summed E-state index contributed by atoms with van der Waals surface area (Å²) in [6, 6.07) is 29.5. The van der Waals surface area contributed by atoms with Crippen molar-refractivity contribution >= 4 is 38.4 Å². The molecule has 240 valence electrons. The van der Waals surface area contributed by atoms with Crippen LogP contribution in [0.1, 0.15) is 41.6 Å². The van der Waals surface area contributed by atoms with Crippen molar-refractivity contribution in [1.29, 1.82) is 0 Å². The Morgan fingerprint density at radius 2 is 1.49 bits per heavy atom. The first-order valence-electron chi connectivity index (χ1n) is 15.2. The molecule has 3 N–H and O–H groups in total. The maximum Gasteiger partial charge on any atom is 0.337 e. The fraction of sp³-hybridized carbons (Fsp3) is 0.194. The molecule has 1 aliphatic rings. The molecule has 11 heteroatoms. The summed E-state index contributed by atoms with van der Waals surface area (Å²) in [5, 5.41) is 13.9. The van der Waals surface area contributed by atoms with E-state index in [9.17, 15) is 23.1 Å². The molecular weight excluding hydrogens is 618 g/mol. The van der Waals surface area contributed by atoms with Crippen LogP contribution < -0.4 is 19.5 Å². The number of hydrogen-bond donors (Lipinski definition) is 3. The van der Waals surface area contributed by atoms with Crippen molar-refractivity contribution in [3.8, 4) is 17.4 Å². The number of sulfonamides is 1. The lowest BCUT2D eigenvalue weighted by molar-refractivity contribution is -0.115. The largest absolute Gasteiger partial charge is 0.490 e. The average molecular weight is 652 g/mol. The number of amides is 1. The molecule has 0 saturated heterocycles. The van der Waals surface area contributed by atoms with Crippen LogP contribution in [0.3, 0.4) is 0 Å². The van der Waals surface area contributed by atoms with Gasteiger partial charge in [-0.1, -0.05) is 48.5 Å². The summed E-state index contributed by atoms with van der Waals surface area (Å²) < 4.78 is 40.4. The molecule has 10 nitrogen and oxygen atoms in total. The van der Waals surface area contributed by atoms with Crippen molar-refractivity contribution in [2.75, 3.05) is 5.32 Å². The summed E-state index contributed by atoms with van der Waals surface area (Å²) in [7, 11) is -3.54. The molecule has 5 aromatic rings. The molecule has 0 radical (unpaired) electrons. The highest BCUT2D eigenvalue weighted by Gasteiger charge is 2.26. The third kappa shape index (κ3) is 8.13. The molecule has 0 aliphatic heterocycles. The monoisotopic (exact) mass is 651 g/mol. The zero-order valence-electron chi connectivity index (χ0n) is 25.3. The number of benzene rings is 4. The van der Waals surface area contributed by atoms with E-state index in [-0.39, 0.29) is 40.6 Å². The number of rotatable bonds is 11. The lowest BCUT2D eigenvalue weighted by atomic mass is 9.93. The van der Waals surface area contributed by atoms with Gasteiger partial charge in [0.05, 0.1) is 28.7 Å². The highest BCUT2D eigenvalue weighted by Crippen LogP contribution is 2.30. The van der Waals surface area contributed by atoms with Crippen molar-refractivity contribution in [1.82, 2.24) is 9.71 Å². The van der Waals surface area contributed by atoms with Gasteiger partial charge < -0.3 is 19.9 Å². The number of hydrogen-bond acceptors (Lipinski definition) is 7. The summed E-state index contributed by atoms with van der Waals surface area (Å²) >= 11 is 0. The van der Waals surface area contributed by atoms with E-state index in [4.69, 9.17) is 9.47 Å². The summed E-state index contributed by atoms with van der Waals surface area (Å²) in [4.78, 5) is 28.5. The van der Waals surface area contributed by atoms with Crippen LogP contribution in [0.15, 0.2) is 114 Å². The number of nitrogens with zero attached hydrogens (tertiary/aromatic N) is 1. The van der Waals surface area contributed by atoms with E-state index in [2.05, 4.69) is 15.0 Å². The number of nitrogens with one attached hydrogen (secondary N) is 2. The first-order valence-corrected chi connectivity index (χ1v) is 16.7. The minimum atomic E-state index is -3.54. The number of carbonyl (C=O) groups is 2. The summed E-state index contributed by atoms with van der Waals surface area (Å²) in [5.74, 6) is 0.255. The Bertz CT molecular complexity index is 1990. The standard InChI is InChI=1S/C36H33N3O7S/c40-34(38-33-9-5-4-8-32(33)36(41)42)20-24-10-19-35(37-23-24)46-30-16-12-25-21-29(15-11-26(25)22-30)45-28-17-13-27(14-18-28)39-47(43,44)31-6-2-1-3-7-31/h1-12,15-16,19,21-23,27-28,39H,13-14,17-18,20H2,(H,38,40)(H,41,42). The topological polar surface area (TPSA) is 144 Å². The van der Waals surface area contributed by atoms with Crippen LogP contribution in [0, 0.1) is 0 Å². The van der Waals surface area contributed by atoms with Crippen LogP contribution in [0.2, 0.25) is 0 Å². The number of ether oxygens (including phenoxy) is 2. The lowest BCUT2D eigenvalue weighted by Gasteiger charge is -2.29. The number of pyridine rings is 1. The molecule has 0 bridgehead atoms. The highest BCUT2D eigenvalue weighted by atomic mass is 32.2. The molecule has 4 aromatic carbocycles. The van der Waals surface area contributed by atoms with Gasteiger partial charge in [0.2, 0.25) is 21.8 Å². The van der Waals surface area contributed by atoms with E-state index in [1.54, 1.807) is 66.9 Å². The molecule has 0 unspecified atom stereocenters. The zero-order chi connectivity index (χ0) is 32.8. The van der Waals surface area contributed by atoms with Gasteiger partial charge >= 0.3 is 5.97 Å². The van der Waals surface area contributed by atoms with Gasteiger partial charge in [-0.3, -0.25) is 4.79 Å². The van der Waals surface area contributed by atoms with Crippen molar-refractivity contribution in [2.24, 2.45) is 0 Å². The number of anilines is 1. The molecule has 6 rings (SSSR count). The number of aromatic nitrogens is 1. The van der Waals surface area contributed by atoms with Gasteiger partial charge in [0, 0.05) is 18.3 Å². The van der Waals surface area contributed by atoms with Gasteiger partial charge in [0.1, 0.15) is 11.5 Å². The second kappa shape index (κ2) is 14.0.